The summed E-state index contributed by atoms with van der Waals surface area (Å²) in [7, 11) is 0. The number of phenolic OH excluding ortho intramolecular Hbond substituents is 1. The Morgan fingerprint density at radius 3 is 2.50 bits per heavy atom. The lowest BCUT2D eigenvalue weighted by Gasteiger charge is -2.07. The molecule has 72 valence electrons. The molecule has 0 atom stereocenters. The van der Waals surface area contributed by atoms with Gasteiger partial charge in [-0.2, -0.15) is 0 Å². The summed E-state index contributed by atoms with van der Waals surface area (Å²) in [6, 6.07) is 7.64. The van der Waals surface area contributed by atoms with Crippen LogP contribution in [0.4, 0.5) is 0 Å². The number of hydrogen-bond donors (Lipinski definition) is 1. The minimum Gasteiger partial charge on any atom is -0.508 e. The molecule has 1 N–H and O–H groups in total. The maximum absolute atomic E-state index is 9.58. The standard InChI is InChI=1S/C12H11ClO/c1-7-3-4-9-8(2)12(14)6-11(13)10(9)5-7/h3-6,14H,1-2H3. The van der Waals surface area contributed by atoms with Crippen molar-refractivity contribution in [3.8, 4) is 5.75 Å². The van der Waals surface area contributed by atoms with Crippen molar-refractivity contribution in [2.24, 2.45) is 0 Å². The Morgan fingerprint density at radius 2 is 1.79 bits per heavy atom. The predicted octanol–water partition coefficient (Wildman–Crippen LogP) is 3.82. The van der Waals surface area contributed by atoms with Crippen LogP contribution in [0.3, 0.4) is 0 Å². The van der Waals surface area contributed by atoms with E-state index < -0.39 is 0 Å². The van der Waals surface area contributed by atoms with Gasteiger partial charge in [-0.1, -0.05) is 29.3 Å². The SMILES string of the molecule is Cc1ccc2c(C)c(O)cc(Cl)c2c1. The molecule has 0 aliphatic heterocycles. The van der Waals surface area contributed by atoms with Gasteiger partial charge in [0.1, 0.15) is 5.75 Å². The molecule has 2 heteroatoms. The number of rotatable bonds is 0. The zero-order chi connectivity index (χ0) is 10.3. The highest BCUT2D eigenvalue weighted by atomic mass is 35.5. The molecule has 0 heterocycles. The van der Waals surface area contributed by atoms with E-state index in [1.165, 1.54) is 5.56 Å². The van der Waals surface area contributed by atoms with E-state index in [1.54, 1.807) is 6.07 Å². The molecule has 0 spiro atoms. The Balaban J connectivity index is 2.94. The second-order valence-electron chi connectivity index (χ2n) is 3.55. The fourth-order valence-electron chi connectivity index (χ4n) is 1.63. The van der Waals surface area contributed by atoms with Crippen molar-refractivity contribution >= 4 is 22.4 Å². The van der Waals surface area contributed by atoms with Gasteiger partial charge in [-0.05, 0) is 36.9 Å². The van der Waals surface area contributed by atoms with Crippen LogP contribution in [0.2, 0.25) is 5.02 Å². The molecule has 0 unspecified atom stereocenters. The molecule has 2 aromatic rings. The molecule has 2 aromatic carbocycles. The van der Waals surface area contributed by atoms with Gasteiger partial charge in [0.2, 0.25) is 0 Å². The Kier molecular flexibility index (Phi) is 2.12. The van der Waals surface area contributed by atoms with Crippen LogP contribution in [0, 0.1) is 13.8 Å². The van der Waals surface area contributed by atoms with Gasteiger partial charge in [-0.15, -0.1) is 0 Å². The third kappa shape index (κ3) is 1.34. The third-order valence-corrected chi connectivity index (χ3v) is 2.80. The first-order chi connectivity index (χ1) is 6.59. The number of aryl methyl sites for hydroxylation is 2. The van der Waals surface area contributed by atoms with Gasteiger partial charge < -0.3 is 5.11 Å². The van der Waals surface area contributed by atoms with Crippen LogP contribution in [0.25, 0.3) is 10.8 Å². The summed E-state index contributed by atoms with van der Waals surface area (Å²) in [6.45, 7) is 3.92. The Labute approximate surface area is 87.9 Å². The first kappa shape index (κ1) is 9.35. The summed E-state index contributed by atoms with van der Waals surface area (Å²) in [5.74, 6) is 0.256. The summed E-state index contributed by atoms with van der Waals surface area (Å²) in [5.41, 5.74) is 2.05. The van der Waals surface area contributed by atoms with E-state index >= 15 is 0 Å². The minimum absolute atomic E-state index is 0.256. The maximum Gasteiger partial charge on any atom is 0.120 e. The van der Waals surface area contributed by atoms with Gasteiger partial charge in [0.25, 0.3) is 0 Å². The largest absolute Gasteiger partial charge is 0.508 e. The Bertz CT molecular complexity index is 503. The first-order valence-corrected chi connectivity index (χ1v) is 4.86. The summed E-state index contributed by atoms with van der Waals surface area (Å²) in [6.07, 6.45) is 0. The molecule has 0 amide bonds. The average molecular weight is 207 g/mol. The number of phenols is 1. The zero-order valence-corrected chi connectivity index (χ0v) is 8.89. The summed E-state index contributed by atoms with van der Waals surface area (Å²) in [4.78, 5) is 0. The van der Waals surface area contributed by atoms with Crippen molar-refractivity contribution in [1.29, 1.82) is 0 Å². The number of aromatic hydroxyl groups is 1. The van der Waals surface area contributed by atoms with Gasteiger partial charge in [0.05, 0.1) is 5.02 Å². The predicted molar refractivity (Wildman–Crippen MR) is 60.1 cm³/mol. The van der Waals surface area contributed by atoms with Crippen LogP contribution in [0.5, 0.6) is 5.75 Å². The van der Waals surface area contributed by atoms with Crippen molar-refractivity contribution < 1.29 is 5.11 Å². The molecular weight excluding hydrogens is 196 g/mol. The molecule has 0 radical (unpaired) electrons. The molecule has 0 saturated heterocycles. The second kappa shape index (κ2) is 3.18. The van der Waals surface area contributed by atoms with E-state index in [0.29, 0.717) is 5.02 Å². The fourth-order valence-corrected chi connectivity index (χ4v) is 1.89. The highest BCUT2D eigenvalue weighted by Gasteiger charge is 2.06. The molecule has 0 bridgehead atoms. The smallest absolute Gasteiger partial charge is 0.120 e. The minimum atomic E-state index is 0.256. The maximum atomic E-state index is 9.58. The second-order valence-corrected chi connectivity index (χ2v) is 3.96. The summed E-state index contributed by atoms with van der Waals surface area (Å²) in [5, 5.41) is 12.2. The fraction of sp³-hybridized carbons (Fsp3) is 0.167. The van der Waals surface area contributed by atoms with Gasteiger partial charge >= 0.3 is 0 Å². The third-order valence-electron chi connectivity index (χ3n) is 2.48. The van der Waals surface area contributed by atoms with Crippen LogP contribution in [0.1, 0.15) is 11.1 Å². The highest BCUT2D eigenvalue weighted by molar-refractivity contribution is 6.35. The lowest BCUT2D eigenvalue weighted by molar-refractivity contribution is 0.472. The molecule has 0 aliphatic rings. The van der Waals surface area contributed by atoms with Crippen molar-refractivity contribution in [3.05, 3.63) is 40.4 Å². The monoisotopic (exact) mass is 206 g/mol. The van der Waals surface area contributed by atoms with E-state index in [9.17, 15) is 5.11 Å². The zero-order valence-electron chi connectivity index (χ0n) is 8.13. The van der Waals surface area contributed by atoms with Gasteiger partial charge in [0, 0.05) is 5.39 Å². The first-order valence-electron chi connectivity index (χ1n) is 4.48. The normalized spacial score (nSPS) is 10.8. The van der Waals surface area contributed by atoms with Crippen LogP contribution in [0.15, 0.2) is 24.3 Å². The molecule has 0 aromatic heterocycles. The molecule has 14 heavy (non-hydrogen) atoms. The van der Waals surface area contributed by atoms with Gasteiger partial charge in [-0.25, -0.2) is 0 Å². The van der Waals surface area contributed by atoms with Crippen LogP contribution in [-0.2, 0) is 0 Å². The van der Waals surface area contributed by atoms with E-state index in [1.807, 2.05) is 32.0 Å². The molecule has 2 rings (SSSR count). The Hall–Kier alpha value is -1.21. The molecule has 0 aliphatic carbocycles. The van der Waals surface area contributed by atoms with E-state index in [4.69, 9.17) is 11.6 Å². The quantitative estimate of drug-likeness (QED) is 0.695. The lowest BCUT2D eigenvalue weighted by atomic mass is 10.0. The van der Waals surface area contributed by atoms with E-state index in [0.717, 1.165) is 16.3 Å². The van der Waals surface area contributed by atoms with Crippen LogP contribution in [-0.4, -0.2) is 5.11 Å². The van der Waals surface area contributed by atoms with Crippen molar-refractivity contribution in [2.75, 3.05) is 0 Å². The van der Waals surface area contributed by atoms with Crippen molar-refractivity contribution in [1.82, 2.24) is 0 Å². The Morgan fingerprint density at radius 1 is 1.07 bits per heavy atom. The highest BCUT2D eigenvalue weighted by Crippen LogP contribution is 2.33. The van der Waals surface area contributed by atoms with Gasteiger partial charge in [0.15, 0.2) is 0 Å². The van der Waals surface area contributed by atoms with Crippen molar-refractivity contribution in [2.45, 2.75) is 13.8 Å². The molecule has 0 fully saturated rings. The molecule has 1 nitrogen and oxygen atoms in total. The van der Waals surface area contributed by atoms with Crippen LogP contribution >= 0.6 is 11.6 Å². The summed E-state index contributed by atoms with van der Waals surface area (Å²) < 4.78 is 0. The number of hydrogen-bond acceptors (Lipinski definition) is 1. The van der Waals surface area contributed by atoms with Crippen LogP contribution < -0.4 is 0 Å². The number of halogens is 1. The van der Waals surface area contributed by atoms with Crippen molar-refractivity contribution in [3.63, 3.8) is 0 Å². The average Bonchev–Trinajstić information content (AvgIpc) is 2.14. The van der Waals surface area contributed by atoms with E-state index in [-0.39, 0.29) is 5.75 Å². The molecule has 0 saturated carbocycles. The van der Waals surface area contributed by atoms with E-state index in [2.05, 4.69) is 0 Å². The number of fused-ring (bicyclic) bond motifs is 1. The number of benzene rings is 2. The lowest BCUT2D eigenvalue weighted by Crippen LogP contribution is -1.82. The molecular formula is C12H11ClO. The summed E-state index contributed by atoms with van der Waals surface area (Å²) >= 11 is 6.05. The topological polar surface area (TPSA) is 20.2 Å². The van der Waals surface area contributed by atoms with Gasteiger partial charge in [-0.3, -0.25) is 0 Å².